The first-order chi connectivity index (χ1) is 14.9. The van der Waals surface area contributed by atoms with E-state index in [-0.39, 0.29) is 11.3 Å². The third-order valence-electron chi connectivity index (χ3n) is 4.32. The van der Waals surface area contributed by atoms with E-state index >= 15 is 0 Å². The second kappa shape index (κ2) is 9.16. The number of aromatic amines is 1. The second-order valence-electron chi connectivity index (χ2n) is 6.55. The van der Waals surface area contributed by atoms with Crippen LogP contribution in [0.2, 0.25) is 0 Å². The number of rotatable bonds is 8. The molecule has 31 heavy (non-hydrogen) atoms. The molecule has 3 heterocycles. The van der Waals surface area contributed by atoms with Crippen molar-refractivity contribution in [1.29, 1.82) is 0 Å². The minimum atomic E-state index is -0.225. The summed E-state index contributed by atoms with van der Waals surface area (Å²) in [5.74, 6) is 1.73. The van der Waals surface area contributed by atoms with Crippen LogP contribution in [0.25, 0.3) is 10.2 Å². The number of carbonyl (C=O) groups is 1. The van der Waals surface area contributed by atoms with Crippen molar-refractivity contribution in [3.63, 3.8) is 0 Å². The Morgan fingerprint density at radius 1 is 1.23 bits per heavy atom. The molecule has 2 N–H and O–H groups in total. The summed E-state index contributed by atoms with van der Waals surface area (Å²) in [5, 5.41) is 12.7. The number of carbonyl (C=O) groups excluding carboxylic acids is 1. The fraction of sp³-hybridized carbons (Fsp3) is 0.250. The molecule has 160 valence electrons. The molecule has 0 spiro atoms. The average molecular weight is 474 g/mol. The monoisotopic (exact) mass is 473 g/mol. The van der Waals surface area contributed by atoms with Gasteiger partial charge in [-0.05, 0) is 50.6 Å². The van der Waals surface area contributed by atoms with E-state index < -0.39 is 0 Å². The maximum atomic E-state index is 12.5. The van der Waals surface area contributed by atoms with E-state index in [1.807, 2.05) is 31.2 Å². The van der Waals surface area contributed by atoms with Crippen molar-refractivity contribution in [2.75, 3.05) is 11.9 Å². The molecule has 0 amide bonds. The van der Waals surface area contributed by atoms with Crippen LogP contribution in [-0.4, -0.2) is 32.6 Å². The Morgan fingerprint density at radius 3 is 2.71 bits per heavy atom. The molecule has 4 rings (SSSR count). The molecule has 0 fully saturated rings. The van der Waals surface area contributed by atoms with E-state index in [0.29, 0.717) is 44.0 Å². The molecule has 0 saturated heterocycles. The number of nitrogens with one attached hydrogen (secondary N) is 2. The zero-order valence-electron chi connectivity index (χ0n) is 17.0. The number of anilines is 2. The maximum absolute atomic E-state index is 12.5. The molecule has 0 aliphatic carbocycles. The van der Waals surface area contributed by atoms with Crippen LogP contribution < -0.4 is 15.6 Å². The summed E-state index contributed by atoms with van der Waals surface area (Å²) in [7, 11) is 0. The number of benzene rings is 1. The smallest absolute Gasteiger partial charge is 0.259 e. The molecule has 8 nitrogen and oxygen atoms in total. The first kappa shape index (κ1) is 21.5. The minimum Gasteiger partial charge on any atom is -0.494 e. The summed E-state index contributed by atoms with van der Waals surface area (Å²) in [6.45, 7) is 5.85. The van der Waals surface area contributed by atoms with Gasteiger partial charge in [0.25, 0.3) is 5.56 Å². The largest absolute Gasteiger partial charge is 0.494 e. The van der Waals surface area contributed by atoms with Gasteiger partial charge in [0.15, 0.2) is 10.1 Å². The Morgan fingerprint density at radius 2 is 2.00 bits per heavy atom. The lowest BCUT2D eigenvalue weighted by molar-refractivity contribution is 0.102. The lowest BCUT2D eigenvalue weighted by Gasteiger charge is -2.05. The molecule has 3 aromatic heterocycles. The van der Waals surface area contributed by atoms with Gasteiger partial charge < -0.3 is 15.0 Å². The number of nitrogens with zero attached hydrogens (tertiary/aromatic N) is 3. The number of hydrogen-bond acceptors (Lipinski definition) is 10. The molecular weight excluding hydrogens is 454 g/mol. The number of Topliss-reactive ketones (excluding diaryl/α,β-unsaturated/α-hetero) is 1. The minimum absolute atomic E-state index is 0.0581. The number of fused-ring (bicyclic) bond motifs is 1. The van der Waals surface area contributed by atoms with Gasteiger partial charge in [0.2, 0.25) is 5.13 Å². The van der Waals surface area contributed by atoms with Gasteiger partial charge in [-0.3, -0.25) is 9.59 Å². The van der Waals surface area contributed by atoms with Crippen molar-refractivity contribution in [1.82, 2.24) is 20.2 Å². The highest BCUT2D eigenvalue weighted by Gasteiger charge is 2.17. The first-order valence-corrected chi connectivity index (χ1v) is 12.1. The highest BCUT2D eigenvalue weighted by molar-refractivity contribution is 8.00. The maximum Gasteiger partial charge on any atom is 0.259 e. The number of thioether (sulfide) groups is 1. The van der Waals surface area contributed by atoms with Crippen molar-refractivity contribution >= 4 is 61.3 Å². The van der Waals surface area contributed by atoms with Crippen molar-refractivity contribution in [2.45, 2.75) is 30.9 Å². The van der Waals surface area contributed by atoms with Gasteiger partial charge in [0.1, 0.15) is 16.4 Å². The molecule has 4 aromatic rings. The fourth-order valence-electron chi connectivity index (χ4n) is 2.97. The Hall–Kier alpha value is -2.76. The highest BCUT2D eigenvalue weighted by Crippen LogP contribution is 2.31. The average Bonchev–Trinajstić information content (AvgIpc) is 3.32. The van der Waals surface area contributed by atoms with Gasteiger partial charge in [0, 0.05) is 5.69 Å². The van der Waals surface area contributed by atoms with Crippen LogP contribution in [0.5, 0.6) is 5.75 Å². The van der Waals surface area contributed by atoms with E-state index in [1.165, 1.54) is 41.4 Å². The number of aryl methyl sites for hydroxylation is 1. The SMILES string of the molecule is CCOc1ccc(Nc2nnc(SCc3nc4sc(C(C)=O)c(C)c4c(=O)[nH]3)s2)cc1. The van der Waals surface area contributed by atoms with Crippen LogP contribution >= 0.6 is 34.4 Å². The van der Waals surface area contributed by atoms with Gasteiger partial charge >= 0.3 is 0 Å². The number of thiophene rings is 1. The zero-order chi connectivity index (χ0) is 22.0. The zero-order valence-corrected chi connectivity index (χ0v) is 19.5. The summed E-state index contributed by atoms with van der Waals surface area (Å²) < 4.78 is 6.19. The molecule has 11 heteroatoms. The van der Waals surface area contributed by atoms with E-state index in [1.54, 1.807) is 6.92 Å². The van der Waals surface area contributed by atoms with Crippen LogP contribution in [0, 0.1) is 6.92 Å². The van der Waals surface area contributed by atoms with E-state index in [9.17, 15) is 9.59 Å². The third-order valence-corrected chi connectivity index (χ3v) is 7.59. The number of aromatic nitrogens is 4. The molecule has 0 aliphatic heterocycles. The highest BCUT2D eigenvalue weighted by atomic mass is 32.2. The summed E-state index contributed by atoms with van der Waals surface area (Å²) in [6.07, 6.45) is 0. The molecule has 0 saturated carbocycles. The van der Waals surface area contributed by atoms with Crippen LogP contribution in [0.3, 0.4) is 0 Å². The van der Waals surface area contributed by atoms with Crippen molar-refractivity contribution in [3.8, 4) is 5.75 Å². The Balaban J connectivity index is 1.44. The predicted molar refractivity (Wildman–Crippen MR) is 125 cm³/mol. The number of ether oxygens (including phenoxy) is 1. The fourth-order valence-corrected chi connectivity index (χ4v) is 5.70. The van der Waals surface area contributed by atoms with Gasteiger partial charge in [-0.15, -0.1) is 21.5 Å². The number of hydrogen-bond donors (Lipinski definition) is 2. The quantitative estimate of drug-likeness (QED) is 0.278. The van der Waals surface area contributed by atoms with Crippen molar-refractivity contribution in [2.24, 2.45) is 0 Å². The summed E-state index contributed by atoms with van der Waals surface area (Å²) in [4.78, 5) is 32.7. The van der Waals surface area contributed by atoms with Crippen LogP contribution in [0.1, 0.15) is 34.9 Å². The molecule has 0 radical (unpaired) electrons. The summed E-state index contributed by atoms with van der Waals surface area (Å²) in [6, 6.07) is 7.62. The van der Waals surface area contributed by atoms with E-state index in [2.05, 4.69) is 25.5 Å². The number of ketones is 1. The van der Waals surface area contributed by atoms with Crippen LogP contribution in [0.15, 0.2) is 33.4 Å². The van der Waals surface area contributed by atoms with E-state index in [0.717, 1.165) is 15.8 Å². The van der Waals surface area contributed by atoms with Crippen LogP contribution in [-0.2, 0) is 5.75 Å². The molecule has 1 aromatic carbocycles. The number of H-pyrrole nitrogens is 1. The second-order valence-corrected chi connectivity index (χ2v) is 9.75. The van der Waals surface area contributed by atoms with Gasteiger partial charge in [-0.25, -0.2) is 4.98 Å². The van der Waals surface area contributed by atoms with E-state index in [4.69, 9.17) is 4.74 Å². The lowest BCUT2D eigenvalue weighted by atomic mass is 10.2. The van der Waals surface area contributed by atoms with Crippen LogP contribution in [0.4, 0.5) is 10.8 Å². The third kappa shape index (κ3) is 4.78. The van der Waals surface area contributed by atoms with Crippen molar-refractivity contribution in [3.05, 3.63) is 50.9 Å². The Kier molecular flexibility index (Phi) is 6.35. The topological polar surface area (TPSA) is 110 Å². The first-order valence-electron chi connectivity index (χ1n) is 9.44. The summed E-state index contributed by atoms with van der Waals surface area (Å²) in [5.41, 5.74) is 1.36. The normalized spacial score (nSPS) is 11.1. The molecule has 0 atom stereocenters. The Labute approximate surface area is 190 Å². The molecule has 0 bridgehead atoms. The molecule has 0 aliphatic rings. The predicted octanol–water partition coefficient (Wildman–Crippen LogP) is 4.78. The van der Waals surface area contributed by atoms with Gasteiger partial charge in [0.05, 0.1) is 22.6 Å². The molecule has 0 unspecified atom stereocenters. The Bertz CT molecular complexity index is 1290. The van der Waals surface area contributed by atoms with Gasteiger partial charge in [-0.2, -0.15) is 0 Å². The lowest BCUT2D eigenvalue weighted by Crippen LogP contribution is -2.11. The summed E-state index contributed by atoms with van der Waals surface area (Å²) >= 11 is 4.11. The molecular formula is C20H19N5O3S3. The standard InChI is InChI=1S/C20H19N5O3S3/c1-4-28-13-7-5-12(6-8-13)21-19-24-25-20(31-19)29-9-14-22-17(27)15-10(2)16(11(3)26)30-18(15)23-14/h5-8H,4,9H2,1-3H3,(H,21,24)(H,22,23,27). The van der Waals surface area contributed by atoms with Gasteiger partial charge in [-0.1, -0.05) is 23.1 Å². The van der Waals surface area contributed by atoms with Crippen molar-refractivity contribution < 1.29 is 9.53 Å².